The van der Waals surface area contributed by atoms with Crippen LogP contribution in [0.2, 0.25) is 0 Å². The molecule has 31 heavy (non-hydrogen) atoms. The first-order chi connectivity index (χ1) is 14.7. The minimum atomic E-state index is -0.790. The Hall–Kier alpha value is -3.81. The lowest BCUT2D eigenvalue weighted by molar-refractivity contribution is -0.122. The monoisotopic (exact) mass is 424 g/mol. The summed E-state index contributed by atoms with van der Waals surface area (Å²) in [5, 5.41) is 2.25. The number of hydrogen-bond donors (Lipinski definition) is 1. The first-order valence-electron chi connectivity index (χ1n) is 9.51. The van der Waals surface area contributed by atoms with E-state index in [4.69, 9.17) is 14.2 Å². The topological polar surface area (TPSA) is 94.2 Å². The molecule has 2 aromatic rings. The van der Waals surface area contributed by atoms with E-state index >= 15 is 0 Å². The third kappa shape index (κ3) is 3.96. The lowest BCUT2D eigenvalue weighted by Crippen LogP contribution is -2.54. The number of ether oxygens (including phenoxy) is 3. The van der Waals surface area contributed by atoms with Crippen molar-refractivity contribution in [3.63, 3.8) is 0 Å². The summed E-state index contributed by atoms with van der Waals surface area (Å²) >= 11 is 0. The number of rotatable bonds is 5. The van der Waals surface area contributed by atoms with Crippen molar-refractivity contribution in [2.45, 2.75) is 20.8 Å². The summed E-state index contributed by atoms with van der Waals surface area (Å²) in [7, 11) is 4.42. The number of amides is 4. The largest absolute Gasteiger partial charge is 0.496 e. The summed E-state index contributed by atoms with van der Waals surface area (Å²) in [5.41, 5.74) is 3.17. The highest BCUT2D eigenvalue weighted by atomic mass is 16.5. The molecule has 1 aliphatic heterocycles. The number of carbonyl (C=O) groups is 3. The van der Waals surface area contributed by atoms with Crippen molar-refractivity contribution in [2.24, 2.45) is 0 Å². The van der Waals surface area contributed by atoms with Gasteiger partial charge in [-0.05, 0) is 44.0 Å². The second kappa shape index (κ2) is 8.51. The van der Waals surface area contributed by atoms with Crippen molar-refractivity contribution in [1.82, 2.24) is 5.32 Å². The quantitative estimate of drug-likeness (QED) is 0.585. The molecule has 1 aliphatic rings. The summed E-state index contributed by atoms with van der Waals surface area (Å²) in [6, 6.07) is 6.14. The van der Waals surface area contributed by atoms with Crippen molar-refractivity contribution in [3.05, 3.63) is 52.1 Å². The number of methoxy groups -OCH3 is 3. The van der Waals surface area contributed by atoms with Crippen LogP contribution in [0.15, 0.2) is 29.8 Å². The zero-order valence-corrected chi connectivity index (χ0v) is 18.3. The highest BCUT2D eigenvalue weighted by Crippen LogP contribution is 2.36. The van der Waals surface area contributed by atoms with E-state index in [0.717, 1.165) is 21.6 Å². The summed E-state index contributed by atoms with van der Waals surface area (Å²) in [6.07, 6.45) is 1.37. The fourth-order valence-corrected chi connectivity index (χ4v) is 3.71. The Morgan fingerprint density at radius 2 is 1.35 bits per heavy atom. The van der Waals surface area contributed by atoms with E-state index in [2.05, 4.69) is 5.32 Å². The average molecular weight is 424 g/mol. The van der Waals surface area contributed by atoms with Crippen molar-refractivity contribution < 1.29 is 28.6 Å². The second-order valence-electron chi connectivity index (χ2n) is 7.15. The van der Waals surface area contributed by atoms with E-state index in [9.17, 15) is 14.4 Å². The van der Waals surface area contributed by atoms with E-state index in [0.29, 0.717) is 28.5 Å². The van der Waals surface area contributed by atoms with Gasteiger partial charge in [-0.15, -0.1) is 0 Å². The Bertz CT molecular complexity index is 1100. The number of benzene rings is 2. The lowest BCUT2D eigenvalue weighted by atomic mass is 10.0. The van der Waals surface area contributed by atoms with Gasteiger partial charge in [0.25, 0.3) is 11.8 Å². The molecule has 8 heteroatoms. The number of aryl methyl sites for hydroxylation is 3. The van der Waals surface area contributed by atoms with Gasteiger partial charge in [0.2, 0.25) is 0 Å². The molecule has 1 fully saturated rings. The fraction of sp³-hybridized carbons (Fsp3) is 0.261. The molecular weight excluding hydrogens is 400 g/mol. The molecule has 0 saturated carbocycles. The van der Waals surface area contributed by atoms with E-state index in [1.54, 1.807) is 12.1 Å². The molecule has 0 spiro atoms. The van der Waals surface area contributed by atoms with E-state index < -0.39 is 17.8 Å². The van der Waals surface area contributed by atoms with Gasteiger partial charge in [-0.25, -0.2) is 9.69 Å². The minimum Gasteiger partial charge on any atom is -0.496 e. The van der Waals surface area contributed by atoms with Gasteiger partial charge in [-0.3, -0.25) is 14.9 Å². The lowest BCUT2D eigenvalue weighted by Gasteiger charge is -2.29. The van der Waals surface area contributed by atoms with Gasteiger partial charge in [0, 0.05) is 11.6 Å². The molecule has 0 bridgehead atoms. The molecular formula is C23H24N2O6. The molecule has 1 heterocycles. The van der Waals surface area contributed by atoms with Crippen molar-refractivity contribution in [1.29, 1.82) is 0 Å². The van der Waals surface area contributed by atoms with Crippen molar-refractivity contribution >= 4 is 29.6 Å². The number of urea groups is 1. The maximum absolute atomic E-state index is 13.3. The van der Waals surface area contributed by atoms with Crippen LogP contribution < -0.4 is 24.4 Å². The van der Waals surface area contributed by atoms with Gasteiger partial charge < -0.3 is 14.2 Å². The Morgan fingerprint density at radius 1 is 0.806 bits per heavy atom. The fourth-order valence-electron chi connectivity index (χ4n) is 3.71. The molecule has 8 nitrogen and oxygen atoms in total. The van der Waals surface area contributed by atoms with E-state index in [1.165, 1.54) is 27.4 Å². The number of nitrogens with zero attached hydrogens (tertiary/aromatic N) is 1. The predicted molar refractivity (Wildman–Crippen MR) is 116 cm³/mol. The standard InChI is InChI=1S/C23H24N2O6/c1-12-7-13(2)20(14(3)8-12)25-22(27)16(21(26)24-23(25)28)9-15-10-18(30-5)19(31-6)11-17(15)29-4/h7-11H,1-6H3,(H,24,26,28)/b16-9-. The SMILES string of the molecule is COc1cc(OC)c(OC)cc1/C=C1/C(=O)NC(=O)N(c2c(C)cc(C)cc2C)C1=O. The third-order valence-corrected chi connectivity index (χ3v) is 5.00. The second-order valence-corrected chi connectivity index (χ2v) is 7.15. The van der Waals surface area contributed by atoms with E-state index in [-0.39, 0.29) is 5.57 Å². The minimum absolute atomic E-state index is 0.204. The molecule has 1 N–H and O–H groups in total. The van der Waals surface area contributed by atoms with Crippen molar-refractivity contribution in [3.8, 4) is 17.2 Å². The van der Waals surface area contributed by atoms with Gasteiger partial charge in [-0.1, -0.05) is 17.7 Å². The molecule has 0 radical (unpaired) electrons. The van der Waals surface area contributed by atoms with Gasteiger partial charge in [0.1, 0.15) is 11.3 Å². The molecule has 0 unspecified atom stereocenters. The highest BCUT2D eigenvalue weighted by molar-refractivity contribution is 6.39. The Labute approximate surface area is 180 Å². The number of nitrogens with one attached hydrogen (secondary N) is 1. The molecule has 1 saturated heterocycles. The summed E-state index contributed by atoms with van der Waals surface area (Å²) in [5.74, 6) is -0.302. The Kier molecular flexibility index (Phi) is 6.01. The molecule has 162 valence electrons. The number of imide groups is 2. The van der Waals surface area contributed by atoms with Crippen LogP contribution in [0.25, 0.3) is 6.08 Å². The average Bonchev–Trinajstić information content (AvgIpc) is 2.72. The molecule has 4 amide bonds. The van der Waals surface area contributed by atoms with Gasteiger partial charge in [-0.2, -0.15) is 0 Å². The smallest absolute Gasteiger partial charge is 0.335 e. The van der Waals surface area contributed by atoms with Crippen LogP contribution in [0, 0.1) is 20.8 Å². The zero-order chi connectivity index (χ0) is 22.9. The maximum atomic E-state index is 13.3. The van der Waals surface area contributed by atoms with Gasteiger partial charge >= 0.3 is 6.03 Å². The van der Waals surface area contributed by atoms with Crippen LogP contribution in [0.3, 0.4) is 0 Å². The van der Waals surface area contributed by atoms with Crippen LogP contribution >= 0.6 is 0 Å². The maximum Gasteiger partial charge on any atom is 0.335 e. The molecule has 3 rings (SSSR count). The Morgan fingerprint density at radius 3 is 1.90 bits per heavy atom. The third-order valence-electron chi connectivity index (χ3n) is 5.00. The molecule has 0 atom stereocenters. The zero-order valence-electron chi connectivity index (χ0n) is 18.3. The summed E-state index contributed by atoms with van der Waals surface area (Å²) < 4.78 is 16.0. The molecule has 0 aliphatic carbocycles. The normalized spacial score (nSPS) is 15.2. The van der Waals surface area contributed by atoms with Gasteiger partial charge in [0.15, 0.2) is 11.5 Å². The Balaban J connectivity index is 2.15. The van der Waals surface area contributed by atoms with Crippen LogP contribution in [0.4, 0.5) is 10.5 Å². The predicted octanol–water partition coefficient (Wildman–Crippen LogP) is 3.30. The highest BCUT2D eigenvalue weighted by Gasteiger charge is 2.38. The van der Waals surface area contributed by atoms with Crippen LogP contribution in [0.1, 0.15) is 22.3 Å². The summed E-state index contributed by atoms with van der Waals surface area (Å²) in [4.78, 5) is 39.4. The van der Waals surface area contributed by atoms with Crippen LogP contribution in [-0.2, 0) is 9.59 Å². The number of hydrogen-bond acceptors (Lipinski definition) is 6. The van der Waals surface area contributed by atoms with Crippen LogP contribution in [0.5, 0.6) is 17.2 Å². The number of carbonyl (C=O) groups excluding carboxylic acids is 3. The first-order valence-corrected chi connectivity index (χ1v) is 9.51. The van der Waals surface area contributed by atoms with Crippen LogP contribution in [-0.4, -0.2) is 39.2 Å². The molecule has 0 aromatic heterocycles. The molecule has 2 aromatic carbocycles. The number of barbiturate groups is 1. The van der Waals surface area contributed by atoms with Gasteiger partial charge in [0.05, 0.1) is 27.0 Å². The van der Waals surface area contributed by atoms with E-state index in [1.807, 2.05) is 32.9 Å². The first kappa shape index (κ1) is 21.9. The summed E-state index contributed by atoms with van der Waals surface area (Å²) in [6.45, 7) is 5.56. The van der Waals surface area contributed by atoms with Crippen molar-refractivity contribution in [2.75, 3.05) is 26.2 Å². The number of anilines is 1.